The van der Waals surface area contributed by atoms with E-state index in [1.165, 1.54) is 22.0 Å². The SMILES string of the molecule is CCOC(=O)NC(CNC(=NC)NCCc1c[nH]c2c(CC)cccc12)C1CC1. The van der Waals surface area contributed by atoms with Crippen molar-refractivity contribution < 1.29 is 9.53 Å². The van der Waals surface area contributed by atoms with Crippen molar-refractivity contribution in [1.82, 2.24) is 20.9 Å². The van der Waals surface area contributed by atoms with Crippen LogP contribution in [0.25, 0.3) is 10.9 Å². The number of benzene rings is 1. The van der Waals surface area contributed by atoms with Gasteiger partial charge in [0.25, 0.3) is 0 Å². The van der Waals surface area contributed by atoms with Gasteiger partial charge in [-0.2, -0.15) is 0 Å². The first kappa shape index (κ1) is 21.0. The van der Waals surface area contributed by atoms with Crippen molar-refractivity contribution in [2.45, 2.75) is 45.6 Å². The third-order valence-corrected chi connectivity index (χ3v) is 5.44. The maximum Gasteiger partial charge on any atom is 0.407 e. The molecule has 0 saturated heterocycles. The van der Waals surface area contributed by atoms with E-state index in [2.05, 4.69) is 57.2 Å². The molecule has 7 heteroatoms. The van der Waals surface area contributed by atoms with Crippen molar-refractivity contribution in [3.05, 3.63) is 35.5 Å². The van der Waals surface area contributed by atoms with E-state index in [1.807, 2.05) is 6.92 Å². The summed E-state index contributed by atoms with van der Waals surface area (Å²) in [5.74, 6) is 1.26. The molecule has 3 rings (SSSR count). The number of aryl methyl sites for hydroxylation is 1. The fourth-order valence-electron chi connectivity index (χ4n) is 3.68. The van der Waals surface area contributed by atoms with Crippen molar-refractivity contribution in [3.8, 4) is 0 Å². The lowest BCUT2D eigenvalue weighted by molar-refractivity contribution is 0.146. The van der Waals surface area contributed by atoms with Gasteiger partial charge in [-0.3, -0.25) is 4.99 Å². The van der Waals surface area contributed by atoms with Gasteiger partial charge in [-0.15, -0.1) is 0 Å². The molecule has 1 fully saturated rings. The zero-order valence-corrected chi connectivity index (χ0v) is 17.7. The molecule has 1 aromatic heterocycles. The molecular formula is C22H33N5O2. The maximum atomic E-state index is 11.7. The molecule has 1 heterocycles. The molecule has 29 heavy (non-hydrogen) atoms. The number of ether oxygens (including phenoxy) is 1. The molecular weight excluding hydrogens is 366 g/mol. The second kappa shape index (κ2) is 10.2. The van der Waals surface area contributed by atoms with Crippen LogP contribution in [0.4, 0.5) is 4.79 Å². The summed E-state index contributed by atoms with van der Waals surface area (Å²) in [5.41, 5.74) is 3.89. The first-order chi connectivity index (χ1) is 14.2. The normalized spacial score (nSPS) is 15.2. The summed E-state index contributed by atoms with van der Waals surface area (Å²) >= 11 is 0. The van der Waals surface area contributed by atoms with Gasteiger partial charge < -0.3 is 25.7 Å². The van der Waals surface area contributed by atoms with Gasteiger partial charge in [0, 0.05) is 37.2 Å². The lowest BCUT2D eigenvalue weighted by Crippen LogP contribution is -2.48. The average Bonchev–Trinajstić information content (AvgIpc) is 3.49. The maximum absolute atomic E-state index is 11.7. The Labute approximate surface area is 172 Å². The summed E-state index contributed by atoms with van der Waals surface area (Å²) in [6.45, 7) is 5.79. The Morgan fingerprint density at radius 3 is 2.79 bits per heavy atom. The lowest BCUT2D eigenvalue weighted by Gasteiger charge is -2.20. The van der Waals surface area contributed by atoms with Crippen LogP contribution in [0.2, 0.25) is 0 Å². The Morgan fingerprint density at radius 1 is 1.28 bits per heavy atom. The standard InChI is InChI=1S/C22H33N5O2/c1-4-15-7-6-8-18-17(13-25-20(15)18)11-12-24-21(23-3)26-14-19(16-9-10-16)27-22(28)29-5-2/h6-8,13,16,19,25H,4-5,9-12,14H2,1-3H3,(H,27,28)(H2,23,24,26). The number of alkyl carbamates (subject to hydrolysis) is 1. The number of para-hydroxylation sites is 1. The summed E-state index contributed by atoms with van der Waals surface area (Å²) in [4.78, 5) is 19.5. The van der Waals surface area contributed by atoms with E-state index in [4.69, 9.17) is 4.74 Å². The Bertz CT molecular complexity index is 841. The predicted molar refractivity (Wildman–Crippen MR) is 117 cm³/mol. The predicted octanol–water partition coefficient (Wildman–Crippen LogP) is 2.96. The van der Waals surface area contributed by atoms with E-state index in [0.29, 0.717) is 19.1 Å². The summed E-state index contributed by atoms with van der Waals surface area (Å²) in [6, 6.07) is 6.54. The number of carbonyl (C=O) groups excluding carboxylic acids is 1. The Kier molecular flexibility index (Phi) is 7.38. The van der Waals surface area contributed by atoms with Crippen LogP contribution in [-0.4, -0.2) is 49.8 Å². The molecule has 4 N–H and O–H groups in total. The number of aliphatic imine (C=N–C) groups is 1. The van der Waals surface area contributed by atoms with Gasteiger partial charge in [0.15, 0.2) is 5.96 Å². The number of nitrogens with zero attached hydrogens (tertiary/aromatic N) is 1. The van der Waals surface area contributed by atoms with Crippen LogP contribution in [0.5, 0.6) is 0 Å². The van der Waals surface area contributed by atoms with Gasteiger partial charge in [-0.05, 0) is 49.7 Å². The van der Waals surface area contributed by atoms with Gasteiger partial charge >= 0.3 is 6.09 Å². The van der Waals surface area contributed by atoms with E-state index in [-0.39, 0.29) is 12.1 Å². The zero-order valence-electron chi connectivity index (χ0n) is 17.7. The van der Waals surface area contributed by atoms with E-state index < -0.39 is 0 Å². The number of aromatic nitrogens is 1. The number of amides is 1. The van der Waals surface area contributed by atoms with Crippen LogP contribution < -0.4 is 16.0 Å². The molecule has 1 amide bonds. The number of aromatic amines is 1. The molecule has 0 aliphatic heterocycles. The highest BCUT2D eigenvalue weighted by Crippen LogP contribution is 2.32. The molecule has 2 aromatic rings. The van der Waals surface area contributed by atoms with E-state index in [9.17, 15) is 4.79 Å². The van der Waals surface area contributed by atoms with Crippen molar-refractivity contribution in [2.24, 2.45) is 10.9 Å². The van der Waals surface area contributed by atoms with Crippen LogP contribution in [-0.2, 0) is 17.6 Å². The molecule has 1 saturated carbocycles. The minimum absolute atomic E-state index is 0.0636. The highest BCUT2D eigenvalue weighted by Gasteiger charge is 2.32. The summed E-state index contributed by atoms with van der Waals surface area (Å²) < 4.78 is 5.01. The second-order valence-electron chi connectivity index (χ2n) is 7.45. The number of fused-ring (bicyclic) bond motifs is 1. The fourth-order valence-corrected chi connectivity index (χ4v) is 3.68. The quantitative estimate of drug-likeness (QED) is 0.385. The molecule has 1 aromatic carbocycles. The van der Waals surface area contributed by atoms with Crippen molar-refractivity contribution in [2.75, 3.05) is 26.7 Å². The van der Waals surface area contributed by atoms with E-state index in [1.54, 1.807) is 7.05 Å². The number of hydrogen-bond acceptors (Lipinski definition) is 3. The van der Waals surface area contributed by atoms with E-state index in [0.717, 1.165) is 38.2 Å². The highest BCUT2D eigenvalue weighted by molar-refractivity contribution is 5.86. The van der Waals surface area contributed by atoms with Crippen molar-refractivity contribution in [1.29, 1.82) is 0 Å². The number of rotatable bonds is 9. The van der Waals surface area contributed by atoms with E-state index >= 15 is 0 Å². The van der Waals surface area contributed by atoms with Gasteiger partial charge in [-0.25, -0.2) is 4.79 Å². The third-order valence-electron chi connectivity index (χ3n) is 5.44. The molecule has 1 aliphatic rings. The third kappa shape index (κ3) is 5.65. The topological polar surface area (TPSA) is 90.5 Å². The number of H-pyrrole nitrogens is 1. The Hall–Kier alpha value is -2.70. The van der Waals surface area contributed by atoms with Gasteiger partial charge in [0.05, 0.1) is 12.6 Å². The molecule has 1 aliphatic carbocycles. The van der Waals surface area contributed by atoms with Gasteiger partial charge in [-0.1, -0.05) is 25.1 Å². The fraction of sp³-hybridized carbons (Fsp3) is 0.545. The van der Waals surface area contributed by atoms with Crippen LogP contribution in [0.1, 0.15) is 37.8 Å². The molecule has 0 radical (unpaired) electrons. The molecule has 1 unspecified atom stereocenters. The van der Waals surface area contributed by atoms with Crippen molar-refractivity contribution >= 4 is 23.0 Å². The van der Waals surface area contributed by atoms with Crippen LogP contribution >= 0.6 is 0 Å². The molecule has 7 nitrogen and oxygen atoms in total. The molecule has 0 bridgehead atoms. The number of carbonyl (C=O) groups is 1. The van der Waals surface area contributed by atoms with Gasteiger partial charge in [0.2, 0.25) is 0 Å². The summed E-state index contributed by atoms with van der Waals surface area (Å²) in [7, 11) is 1.76. The van der Waals surface area contributed by atoms with Gasteiger partial charge in [0.1, 0.15) is 0 Å². The molecule has 158 valence electrons. The summed E-state index contributed by atoms with van der Waals surface area (Å²) in [6.07, 6.45) is 5.97. The summed E-state index contributed by atoms with van der Waals surface area (Å²) in [5, 5.41) is 11.0. The van der Waals surface area contributed by atoms with Crippen LogP contribution in [0.3, 0.4) is 0 Å². The molecule has 0 spiro atoms. The average molecular weight is 400 g/mol. The first-order valence-corrected chi connectivity index (χ1v) is 10.6. The number of guanidine groups is 1. The number of nitrogens with one attached hydrogen (secondary N) is 4. The smallest absolute Gasteiger partial charge is 0.407 e. The minimum atomic E-state index is -0.347. The monoisotopic (exact) mass is 399 g/mol. The van der Waals surface area contributed by atoms with Crippen molar-refractivity contribution in [3.63, 3.8) is 0 Å². The highest BCUT2D eigenvalue weighted by atomic mass is 16.5. The Morgan fingerprint density at radius 2 is 2.10 bits per heavy atom. The van der Waals surface area contributed by atoms with Crippen LogP contribution in [0.15, 0.2) is 29.4 Å². The Balaban J connectivity index is 1.49. The minimum Gasteiger partial charge on any atom is -0.450 e. The first-order valence-electron chi connectivity index (χ1n) is 10.6. The van der Waals surface area contributed by atoms with Crippen LogP contribution in [0, 0.1) is 5.92 Å². The largest absolute Gasteiger partial charge is 0.450 e. The lowest BCUT2D eigenvalue weighted by atomic mass is 10.1. The molecule has 1 atom stereocenters. The number of hydrogen-bond donors (Lipinski definition) is 4. The zero-order chi connectivity index (χ0) is 20.6. The second-order valence-corrected chi connectivity index (χ2v) is 7.45.